The van der Waals surface area contributed by atoms with Crippen LogP contribution in [0.2, 0.25) is 0 Å². The molecule has 0 radical (unpaired) electrons. The molecule has 0 spiro atoms. The van der Waals surface area contributed by atoms with Crippen LogP contribution in [0.15, 0.2) is 4.52 Å². The van der Waals surface area contributed by atoms with E-state index in [0.717, 1.165) is 36.1 Å². The van der Waals surface area contributed by atoms with Gasteiger partial charge in [0, 0.05) is 12.0 Å². The first-order valence-corrected chi connectivity index (χ1v) is 8.06. The van der Waals surface area contributed by atoms with Crippen molar-refractivity contribution >= 4 is 11.8 Å². The highest BCUT2D eigenvalue weighted by Gasteiger charge is 2.25. The minimum absolute atomic E-state index is 0.479. The highest BCUT2D eigenvalue weighted by atomic mass is 32.2. The molecule has 0 aromatic carbocycles. The van der Waals surface area contributed by atoms with Gasteiger partial charge in [-0.3, -0.25) is 0 Å². The van der Waals surface area contributed by atoms with Crippen LogP contribution in [0.25, 0.3) is 0 Å². The molecule has 1 fully saturated rings. The smallest absolute Gasteiger partial charge is 0.229 e. The number of hydrogen-bond acceptors (Lipinski definition) is 5. The Morgan fingerprint density at radius 1 is 1.33 bits per heavy atom. The first-order chi connectivity index (χ1) is 8.83. The summed E-state index contributed by atoms with van der Waals surface area (Å²) in [5.41, 5.74) is 0. The number of hydrogen-bond donors (Lipinski definition) is 1. The zero-order chi connectivity index (χ0) is 12.8. The average Bonchev–Trinajstić information content (AvgIpc) is 2.88. The van der Waals surface area contributed by atoms with Crippen molar-refractivity contribution in [3.63, 3.8) is 0 Å². The zero-order valence-corrected chi connectivity index (χ0v) is 12.1. The summed E-state index contributed by atoms with van der Waals surface area (Å²) in [6.07, 6.45) is 5.95. The third-order valence-corrected chi connectivity index (χ3v) is 4.71. The Kier molecular flexibility index (Phi) is 5.50. The van der Waals surface area contributed by atoms with Crippen LogP contribution in [-0.4, -0.2) is 29.0 Å². The summed E-state index contributed by atoms with van der Waals surface area (Å²) in [5.74, 6) is 4.24. The van der Waals surface area contributed by atoms with Gasteiger partial charge in [0.15, 0.2) is 5.82 Å². The second kappa shape index (κ2) is 7.14. The van der Waals surface area contributed by atoms with Gasteiger partial charge in [0.1, 0.15) is 0 Å². The topological polar surface area (TPSA) is 51.0 Å². The van der Waals surface area contributed by atoms with E-state index in [4.69, 9.17) is 4.52 Å². The van der Waals surface area contributed by atoms with Crippen molar-refractivity contribution in [1.82, 2.24) is 15.5 Å². The van der Waals surface area contributed by atoms with E-state index in [1.807, 2.05) is 18.8 Å². The Labute approximate surface area is 113 Å². The third-order valence-electron chi connectivity index (χ3n) is 3.55. The van der Waals surface area contributed by atoms with Gasteiger partial charge in [-0.1, -0.05) is 12.1 Å². The van der Waals surface area contributed by atoms with Gasteiger partial charge in [-0.05, 0) is 44.9 Å². The second-order valence-corrected chi connectivity index (χ2v) is 6.04. The summed E-state index contributed by atoms with van der Waals surface area (Å²) in [4.78, 5) is 4.54. The van der Waals surface area contributed by atoms with E-state index in [1.165, 1.54) is 19.3 Å². The van der Waals surface area contributed by atoms with Crippen molar-refractivity contribution in [3.05, 3.63) is 11.7 Å². The summed E-state index contributed by atoms with van der Waals surface area (Å²) in [6, 6.07) is 0.670. The number of nitrogens with one attached hydrogen (secondary N) is 1. The molecule has 0 unspecified atom stereocenters. The summed E-state index contributed by atoms with van der Waals surface area (Å²) in [5, 5.41) is 7.43. The van der Waals surface area contributed by atoms with Gasteiger partial charge in [-0.2, -0.15) is 16.7 Å². The Balaban J connectivity index is 1.82. The molecule has 5 heteroatoms. The maximum absolute atomic E-state index is 5.41. The molecule has 102 valence electrons. The Hall–Kier alpha value is -0.550. The predicted octanol–water partition coefficient (Wildman–Crippen LogP) is 2.96. The van der Waals surface area contributed by atoms with Gasteiger partial charge in [-0.15, -0.1) is 0 Å². The highest BCUT2D eigenvalue weighted by molar-refractivity contribution is 7.98. The summed E-state index contributed by atoms with van der Waals surface area (Å²) in [7, 11) is 2.04. The molecule has 0 bridgehead atoms. The van der Waals surface area contributed by atoms with Gasteiger partial charge in [0.25, 0.3) is 0 Å². The van der Waals surface area contributed by atoms with Crippen molar-refractivity contribution in [2.45, 2.75) is 56.7 Å². The number of nitrogens with zero attached hydrogens (tertiary/aromatic N) is 2. The molecular weight excluding hydrogens is 246 g/mol. The Morgan fingerprint density at radius 3 is 2.78 bits per heavy atom. The van der Waals surface area contributed by atoms with E-state index in [0.29, 0.717) is 12.0 Å². The molecule has 0 saturated heterocycles. The van der Waals surface area contributed by atoms with Crippen molar-refractivity contribution in [2.75, 3.05) is 12.8 Å². The van der Waals surface area contributed by atoms with Crippen LogP contribution in [0.3, 0.4) is 0 Å². The summed E-state index contributed by atoms with van der Waals surface area (Å²) < 4.78 is 5.41. The van der Waals surface area contributed by atoms with E-state index >= 15 is 0 Å². The summed E-state index contributed by atoms with van der Waals surface area (Å²) in [6.45, 7) is 2.19. The normalized spacial score (nSPS) is 24.3. The molecule has 0 atom stereocenters. The molecule has 1 aromatic heterocycles. The first-order valence-electron chi connectivity index (χ1n) is 6.91. The Morgan fingerprint density at radius 2 is 2.11 bits per heavy atom. The molecule has 1 saturated carbocycles. The molecular formula is C13H23N3OS. The molecule has 1 aliphatic carbocycles. The van der Waals surface area contributed by atoms with Crippen LogP contribution in [0.1, 0.15) is 56.7 Å². The second-order valence-electron chi connectivity index (χ2n) is 4.94. The average molecular weight is 269 g/mol. The minimum Gasteiger partial charge on any atom is -0.339 e. The molecule has 18 heavy (non-hydrogen) atoms. The maximum atomic E-state index is 5.41. The fourth-order valence-corrected chi connectivity index (χ4v) is 3.16. The van der Waals surface area contributed by atoms with Crippen LogP contribution in [0, 0.1) is 0 Å². The fourth-order valence-electron chi connectivity index (χ4n) is 2.43. The lowest BCUT2D eigenvalue weighted by atomic mass is 9.86. The van der Waals surface area contributed by atoms with Crippen LogP contribution in [0.4, 0.5) is 0 Å². The lowest BCUT2D eigenvalue weighted by Crippen LogP contribution is -2.29. The van der Waals surface area contributed by atoms with E-state index in [2.05, 4.69) is 22.4 Å². The number of rotatable bonds is 6. The van der Waals surface area contributed by atoms with Crippen molar-refractivity contribution < 1.29 is 4.52 Å². The lowest BCUT2D eigenvalue weighted by Gasteiger charge is -2.25. The highest BCUT2D eigenvalue weighted by Crippen LogP contribution is 2.31. The van der Waals surface area contributed by atoms with E-state index in [1.54, 1.807) is 0 Å². The van der Waals surface area contributed by atoms with Crippen molar-refractivity contribution in [1.29, 1.82) is 0 Å². The maximum Gasteiger partial charge on any atom is 0.229 e. The minimum atomic E-state index is 0.479. The molecule has 0 aliphatic heterocycles. The number of aromatic nitrogens is 2. The molecule has 1 N–H and O–H groups in total. The lowest BCUT2D eigenvalue weighted by molar-refractivity contribution is 0.288. The van der Waals surface area contributed by atoms with E-state index in [-0.39, 0.29) is 0 Å². The Bertz CT molecular complexity index is 348. The number of thioether (sulfide) groups is 1. The van der Waals surface area contributed by atoms with Gasteiger partial charge >= 0.3 is 0 Å². The molecule has 1 heterocycles. The van der Waals surface area contributed by atoms with Crippen molar-refractivity contribution in [3.8, 4) is 0 Å². The molecule has 2 rings (SSSR count). The van der Waals surface area contributed by atoms with E-state index in [9.17, 15) is 0 Å². The van der Waals surface area contributed by atoms with E-state index < -0.39 is 0 Å². The molecule has 4 nitrogen and oxygen atoms in total. The van der Waals surface area contributed by atoms with Crippen LogP contribution in [-0.2, 0) is 5.75 Å². The molecule has 0 amide bonds. The zero-order valence-electron chi connectivity index (χ0n) is 11.3. The standard InChI is InChI=1S/C13H23N3OS/c1-3-8-18-9-12-15-13(17-16-12)10-4-6-11(14-2)7-5-10/h10-11,14H,3-9H2,1-2H3. The fraction of sp³-hybridized carbons (Fsp3) is 0.846. The largest absolute Gasteiger partial charge is 0.339 e. The quantitative estimate of drug-likeness (QED) is 0.805. The predicted molar refractivity (Wildman–Crippen MR) is 74.8 cm³/mol. The van der Waals surface area contributed by atoms with Gasteiger partial charge < -0.3 is 9.84 Å². The van der Waals surface area contributed by atoms with Gasteiger partial charge in [-0.25, -0.2) is 0 Å². The third kappa shape index (κ3) is 3.72. The molecule has 1 aliphatic rings. The summed E-state index contributed by atoms with van der Waals surface area (Å²) >= 11 is 1.88. The molecule has 1 aromatic rings. The van der Waals surface area contributed by atoms with Crippen LogP contribution < -0.4 is 5.32 Å². The van der Waals surface area contributed by atoms with Gasteiger partial charge in [0.05, 0.1) is 5.75 Å². The first kappa shape index (κ1) is 13.9. The van der Waals surface area contributed by atoms with Gasteiger partial charge in [0.2, 0.25) is 5.89 Å². The monoisotopic (exact) mass is 269 g/mol. The van der Waals surface area contributed by atoms with Crippen LogP contribution >= 0.6 is 11.8 Å². The van der Waals surface area contributed by atoms with Crippen molar-refractivity contribution in [2.24, 2.45) is 0 Å². The van der Waals surface area contributed by atoms with Crippen LogP contribution in [0.5, 0.6) is 0 Å². The SMILES string of the molecule is CCCSCc1noc(C2CCC(NC)CC2)n1.